The topological polar surface area (TPSA) is 32.3 Å². The molecule has 0 aromatic carbocycles. The van der Waals surface area contributed by atoms with Crippen molar-refractivity contribution in [1.29, 1.82) is 0 Å². The molecule has 0 radical (unpaired) electrons. The summed E-state index contributed by atoms with van der Waals surface area (Å²) in [6.07, 6.45) is 4.82. The highest BCUT2D eigenvalue weighted by atomic mass is 16.2. The molecule has 0 aromatic heterocycles. The van der Waals surface area contributed by atoms with Gasteiger partial charge in [0.25, 0.3) is 0 Å². The van der Waals surface area contributed by atoms with Crippen molar-refractivity contribution in [3.8, 4) is 0 Å². The number of hydrogen-bond donors (Lipinski definition) is 1. The first-order chi connectivity index (χ1) is 6.58. The van der Waals surface area contributed by atoms with Crippen molar-refractivity contribution in [2.45, 2.75) is 38.6 Å². The predicted molar refractivity (Wildman–Crippen MR) is 58.1 cm³/mol. The van der Waals surface area contributed by atoms with Gasteiger partial charge in [0.05, 0.1) is 6.54 Å². The van der Waals surface area contributed by atoms with E-state index in [0.29, 0.717) is 12.6 Å². The number of amides is 1. The Morgan fingerprint density at radius 3 is 2.36 bits per heavy atom. The lowest BCUT2D eigenvalue weighted by Crippen LogP contribution is -2.41. The molecule has 1 N–H and O–H groups in total. The molecule has 1 rings (SSSR count). The average Bonchev–Trinajstić information content (AvgIpc) is 2.07. The Morgan fingerprint density at radius 2 is 1.86 bits per heavy atom. The standard InChI is InChI=1S/C11H22N2O/c1-9-4-6-10(7-5-9)12-11(14)8-13(2)3/h9-10H,4-8H2,1-3H3,(H,12,14). The van der Waals surface area contributed by atoms with Crippen molar-refractivity contribution in [2.75, 3.05) is 20.6 Å². The van der Waals surface area contributed by atoms with Gasteiger partial charge in [-0.1, -0.05) is 6.92 Å². The summed E-state index contributed by atoms with van der Waals surface area (Å²) >= 11 is 0. The van der Waals surface area contributed by atoms with Gasteiger partial charge < -0.3 is 10.2 Å². The van der Waals surface area contributed by atoms with E-state index in [-0.39, 0.29) is 5.91 Å². The third-order valence-corrected chi connectivity index (χ3v) is 2.84. The van der Waals surface area contributed by atoms with Crippen LogP contribution in [0.4, 0.5) is 0 Å². The lowest BCUT2D eigenvalue weighted by atomic mass is 9.87. The largest absolute Gasteiger partial charge is 0.352 e. The van der Waals surface area contributed by atoms with E-state index in [0.717, 1.165) is 18.8 Å². The Balaban J connectivity index is 2.20. The molecule has 0 heterocycles. The van der Waals surface area contributed by atoms with Crippen LogP contribution in [0, 0.1) is 5.92 Å². The molecule has 1 saturated carbocycles. The second-order valence-electron chi connectivity index (χ2n) is 4.76. The first-order valence-corrected chi connectivity index (χ1v) is 5.52. The van der Waals surface area contributed by atoms with Crippen molar-refractivity contribution in [1.82, 2.24) is 10.2 Å². The van der Waals surface area contributed by atoms with Gasteiger partial charge in [-0.15, -0.1) is 0 Å². The number of carbonyl (C=O) groups is 1. The third-order valence-electron chi connectivity index (χ3n) is 2.84. The number of hydrogen-bond acceptors (Lipinski definition) is 2. The van der Waals surface area contributed by atoms with Crippen molar-refractivity contribution in [3.05, 3.63) is 0 Å². The third kappa shape index (κ3) is 4.09. The lowest BCUT2D eigenvalue weighted by molar-refractivity contribution is -0.122. The molecule has 82 valence electrons. The Hall–Kier alpha value is -0.570. The second-order valence-corrected chi connectivity index (χ2v) is 4.76. The summed E-state index contributed by atoms with van der Waals surface area (Å²) in [5, 5.41) is 3.09. The van der Waals surface area contributed by atoms with Crippen LogP contribution < -0.4 is 5.32 Å². The molecule has 1 aliphatic carbocycles. The smallest absolute Gasteiger partial charge is 0.234 e. The monoisotopic (exact) mass is 198 g/mol. The van der Waals surface area contributed by atoms with Gasteiger partial charge in [0, 0.05) is 6.04 Å². The van der Waals surface area contributed by atoms with Crippen LogP contribution in [0.1, 0.15) is 32.6 Å². The minimum absolute atomic E-state index is 0.162. The van der Waals surface area contributed by atoms with E-state index in [4.69, 9.17) is 0 Å². The van der Waals surface area contributed by atoms with Crippen LogP contribution in [-0.4, -0.2) is 37.5 Å². The maximum Gasteiger partial charge on any atom is 0.234 e. The maximum absolute atomic E-state index is 11.5. The van der Waals surface area contributed by atoms with Crippen LogP contribution in [0.2, 0.25) is 0 Å². The highest BCUT2D eigenvalue weighted by molar-refractivity contribution is 5.78. The van der Waals surface area contributed by atoms with E-state index in [1.165, 1.54) is 12.8 Å². The summed E-state index contributed by atoms with van der Waals surface area (Å²) in [6, 6.07) is 0.429. The zero-order chi connectivity index (χ0) is 10.6. The summed E-state index contributed by atoms with van der Waals surface area (Å²) in [5.74, 6) is 1.01. The summed E-state index contributed by atoms with van der Waals surface area (Å²) in [6.45, 7) is 2.80. The van der Waals surface area contributed by atoms with Gasteiger partial charge in [-0.2, -0.15) is 0 Å². The average molecular weight is 198 g/mol. The van der Waals surface area contributed by atoms with Crippen LogP contribution in [0.15, 0.2) is 0 Å². The van der Waals surface area contributed by atoms with Crippen molar-refractivity contribution < 1.29 is 4.79 Å². The van der Waals surface area contributed by atoms with E-state index in [2.05, 4.69) is 12.2 Å². The van der Waals surface area contributed by atoms with Crippen molar-refractivity contribution in [3.63, 3.8) is 0 Å². The first-order valence-electron chi connectivity index (χ1n) is 5.52. The molecule has 3 nitrogen and oxygen atoms in total. The molecule has 0 aliphatic heterocycles. The Bertz CT molecular complexity index is 184. The molecule has 1 amide bonds. The molecule has 0 aromatic rings. The van der Waals surface area contributed by atoms with Gasteiger partial charge in [-0.05, 0) is 45.7 Å². The lowest BCUT2D eigenvalue weighted by Gasteiger charge is -2.27. The van der Waals surface area contributed by atoms with Gasteiger partial charge in [-0.25, -0.2) is 0 Å². The van der Waals surface area contributed by atoms with Crippen LogP contribution in [-0.2, 0) is 4.79 Å². The fourth-order valence-corrected chi connectivity index (χ4v) is 1.96. The van der Waals surface area contributed by atoms with E-state index in [1.807, 2.05) is 19.0 Å². The molecular weight excluding hydrogens is 176 g/mol. The van der Waals surface area contributed by atoms with E-state index in [1.54, 1.807) is 0 Å². The molecule has 3 heteroatoms. The molecule has 0 unspecified atom stereocenters. The van der Waals surface area contributed by atoms with Gasteiger partial charge in [0.15, 0.2) is 0 Å². The molecule has 0 saturated heterocycles. The van der Waals surface area contributed by atoms with Gasteiger partial charge in [-0.3, -0.25) is 4.79 Å². The minimum atomic E-state index is 0.162. The summed E-state index contributed by atoms with van der Waals surface area (Å²) in [4.78, 5) is 13.4. The Labute approximate surface area is 86.9 Å². The SMILES string of the molecule is CC1CCC(NC(=O)CN(C)C)CC1. The molecule has 1 aliphatic rings. The molecule has 0 bridgehead atoms. The highest BCUT2D eigenvalue weighted by Crippen LogP contribution is 2.23. The number of nitrogens with zero attached hydrogens (tertiary/aromatic N) is 1. The van der Waals surface area contributed by atoms with Crippen molar-refractivity contribution in [2.24, 2.45) is 5.92 Å². The summed E-state index contributed by atoms with van der Waals surface area (Å²) < 4.78 is 0. The predicted octanol–water partition coefficient (Wildman–Crippen LogP) is 1.24. The maximum atomic E-state index is 11.5. The van der Waals surface area contributed by atoms with Crippen LogP contribution >= 0.6 is 0 Å². The normalized spacial score (nSPS) is 27.7. The van der Waals surface area contributed by atoms with Gasteiger partial charge >= 0.3 is 0 Å². The van der Waals surface area contributed by atoms with Crippen LogP contribution in [0.5, 0.6) is 0 Å². The minimum Gasteiger partial charge on any atom is -0.352 e. The summed E-state index contributed by atoms with van der Waals surface area (Å²) in [5.41, 5.74) is 0. The molecule has 1 fully saturated rings. The van der Waals surface area contributed by atoms with Gasteiger partial charge in [0.2, 0.25) is 5.91 Å². The number of likely N-dealkylation sites (N-methyl/N-ethyl adjacent to an activating group) is 1. The van der Waals surface area contributed by atoms with E-state index >= 15 is 0 Å². The zero-order valence-electron chi connectivity index (χ0n) is 9.55. The fourth-order valence-electron chi connectivity index (χ4n) is 1.96. The molecule has 0 spiro atoms. The quantitative estimate of drug-likeness (QED) is 0.740. The molecule has 14 heavy (non-hydrogen) atoms. The highest BCUT2D eigenvalue weighted by Gasteiger charge is 2.19. The number of nitrogens with one attached hydrogen (secondary N) is 1. The fraction of sp³-hybridized carbons (Fsp3) is 0.909. The Kier molecular flexibility index (Phi) is 4.39. The van der Waals surface area contributed by atoms with Crippen molar-refractivity contribution >= 4 is 5.91 Å². The van der Waals surface area contributed by atoms with Crippen LogP contribution in [0.25, 0.3) is 0 Å². The number of rotatable bonds is 3. The van der Waals surface area contributed by atoms with E-state index in [9.17, 15) is 4.79 Å². The molecular formula is C11H22N2O. The second kappa shape index (κ2) is 5.35. The van der Waals surface area contributed by atoms with E-state index < -0.39 is 0 Å². The molecule has 0 atom stereocenters. The van der Waals surface area contributed by atoms with Crippen LogP contribution in [0.3, 0.4) is 0 Å². The number of carbonyl (C=O) groups excluding carboxylic acids is 1. The van der Waals surface area contributed by atoms with Gasteiger partial charge in [0.1, 0.15) is 0 Å². The zero-order valence-corrected chi connectivity index (χ0v) is 9.55. The first kappa shape index (κ1) is 11.5. The summed E-state index contributed by atoms with van der Waals surface area (Å²) in [7, 11) is 3.84. The Morgan fingerprint density at radius 1 is 1.29 bits per heavy atom.